The minimum Gasteiger partial charge on any atom is -0.343 e. The largest absolute Gasteiger partial charge is 0.343 e. The number of hydrogen-bond donors (Lipinski definition) is 1. The van der Waals surface area contributed by atoms with Crippen LogP contribution in [0.4, 0.5) is 0 Å². The number of nitrogens with two attached hydrogens (primary N) is 1. The summed E-state index contributed by atoms with van der Waals surface area (Å²) >= 11 is 0. The second-order valence-electron chi connectivity index (χ2n) is 5.14. The van der Waals surface area contributed by atoms with Gasteiger partial charge in [0.1, 0.15) is 0 Å². The highest BCUT2D eigenvalue weighted by molar-refractivity contribution is 5.79. The molecule has 0 heterocycles. The first-order valence-electron chi connectivity index (χ1n) is 7.10. The number of carbonyl (C=O) groups excluding carboxylic acids is 1. The van der Waals surface area contributed by atoms with Gasteiger partial charge in [0.2, 0.25) is 5.91 Å². The minimum atomic E-state index is -0.245. The van der Waals surface area contributed by atoms with Crippen LogP contribution < -0.4 is 5.73 Å². The second-order valence-corrected chi connectivity index (χ2v) is 5.14. The summed E-state index contributed by atoms with van der Waals surface area (Å²) in [6.07, 6.45) is 1.96. The summed E-state index contributed by atoms with van der Waals surface area (Å²) in [6.45, 7) is 6.14. The van der Waals surface area contributed by atoms with Crippen LogP contribution in [0.5, 0.6) is 0 Å². The molecule has 2 unspecified atom stereocenters. The smallest absolute Gasteiger partial charge is 0.227 e. The highest BCUT2D eigenvalue weighted by Crippen LogP contribution is 2.22. The van der Waals surface area contributed by atoms with Crippen molar-refractivity contribution in [2.24, 2.45) is 11.7 Å². The Kier molecular flexibility index (Phi) is 6.03. The number of rotatable bonds is 6. The summed E-state index contributed by atoms with van der Waals surface area (Å²) in [7, 11) is 1.88. The lowest BCUT2D eigenvalue weighted by Crippen LogP contribution is -2.42. The van der Waals surface area contributed by atoms with Crippen LogP contribution in [0.3, 0.4) is 0 Å². The molecule has 0 aliphatic heterocycles. The van der Waals surface area contributed by atoms with Crippen molar-refractivity contribution in [2.45, 2.75) is 45.7 Å². The van der Waals surface area contributed by atoms with Crippen molar-refractivity contribution in [1.82, 2.24) is 4.90 Å². The Hall–Kier alpha value is -1.35. The average molecular weight is 262 g/mol. The molecule has 1 rings (SSSR count). The van der Waals surface area contributed by atoms with Gasteiger partial charge in [-0.05, 0) is 18.4 Å². The Morgan fingerprint density at radius 3 is 2.21 bits per heavy atom. The van der Waals surface area contributed by atoms with E-state index in [-0.39, 0.29) is 17.9 Å². The van der Waals surface area contributed by atoms with E-state index in [1.165, 1.54) is 0 Å². The molecule has 3 heteroatoms. The first-order valence-corrected chi connectivity index (χ1v) is 7.10. The maximum absolute atomic E-state index is 12.5. The van der Waals surface area contributed by atoms with Gasteiger partial charge in [-0.25, -0.2) is 0 Å². The van der Waals surface area contributed by atoms with E-state index in [2.05, 4.69) is 13.8 Å². The lowest BCUT2D eigenvalue weighted by Gasteiger charge is -2.31. The summed E-state index contributed by atoms with van der Waals surface area (Å²) in [5.41, 5.74) is 7.23. The number of nitrogens with zero attached hydrogens (tertiary/aromatic N) is 1. The molecule has 0 aliphatic rings. The predicted molar refractivity (Wildman–Crippen MR) is 79.7 cm³/mol. The molecule has 106 valence electrons. The van der Waals surface area contributed by atoms with E-state index in [0.717, 1.165) is 18.4 Å². The van der Waals surface area contributed by atoms with E-state index in [0.29, 0.717) is 6.04 Å². The molecule has 0 spiro atoms. The van der Waals surface area contributed by atoms with Gasteiger partial charge < -0.3 is 10.6 Å². The van der Waals surface area contributed by atoms with Crippen LogP contribution in [0, 0.1) is 5.92 Å². The van der Waals surface area contributed by atoms with Crippen molar-refractivity contribution < 1.29 is 4.79 Å². The molecule has 0 saturated heterocycles. The van der Waals surface area contributed by atoms with Gasteiger partial charge in [0, 0.05) is 19.1 Å². The standard InChI is InChI=1S/C16H26N2O/c1-5-14(6-2)18(4)16(19)12(3)15(17)13-10-8-7-9-11-13/h7-12,14-15H,5-6,17H2,1-4H3. The van der Waals surface area contributed by atoms with Crippen LogP contribution in [0.1, 0.15) is 45.2 Å². The topological polar surface area (TPSA) is 46.3 Å². The Morgan fingerprint density at radius 1 is 1.21 bits per heavy atom. The summed E-state index contributed by atoms with van der Waals surface area (Å²) in [4.78, 5) is 14.3. The second kappa shape index (κ2) is 7.29. The lowest BCUT2D eigenvalue weighted by molar-refractivity contribution is -0.136. The Balaban J connectivity index is 2.76. The Labute approximate surface area is 116 Å². The van der Waals surface area contributed by atoms with Crippen LogP contribution >= 0.6 is 0 Å². The monoisotopic (exact) mass is 262 g/mol. The number of hydrogen-bond acceptors (Lipinski definition) is 2. The van der Waals surface area contributed by atoms with Gasteiger partial charge in [-0.15, -0.1) is 0 Å². The molecular weight excluding hydrogens is 236 g/mol. The van der Waals surface area contributed by atoms with E-state index in [4.69, 9.17) is 5.73 Å². The molecule has 0 fully saturated rings. The summed E-state index contributed by atoms with van der Waals surface area (Å²) < 4.78 is 0. The highest BCUT2D eigenvalue weighted by atomic mass is 16.2. The van der Waals surface area contributed by atoms with Gasteiger partial charge in [-0.3, -0.25) is 4.79 Å². The van der Waals surface area contributed by atoms with Crippen LogP contribution in [0.25, 0.3) is 0 Å². The van der Waals surface area contributed by atoms with Gasteiger partial charge >= 0.3 is 0 Å². The van der Waals surface area contributed by atoms with E-state index in [9.17, 15) is 4.79 Å². The van der Waals surface area contributed by atoms with Crippen molar-refractivity contribution in [1.29, 1.82) is 0 Å². The van der Waals surface area contributed by atoms with Crippen LogP contribution in [-0.4, -0.2) is 23.9 Å². The van der Waals surface area contributed by atoms with Crippen molar-refractivity contribution in [2.75, 3.05) is 7.05 Å². The maximum Gasteiger partial charge on any atom is 0.227 e. The molecule has 0 aromatic heterocycles. The van der Waals surface area contributed by atoms with Crippen molar-refractivity contribution >= 4 is 5.91 Å². The van der Waals surface area contributed by atoms with E-state index in [1.807, 2.05) is 49.2 Å². The zero-order valence-electron chi connectivity index (χ0n) is 12.5. The SMILES string of the molecule is CCC(CC)N(C)C(=O)C(C)C(N)c1ccccc1. The third-order valence-electron chi connectivity index (χ3n) is 3.95. The normalized spacial score (nSPS) is 14.2. The molecule has 1 amide bonds. The molecule has 2 N–H and O–H groups in total. The van der Waals surface area contributed by atoms with Crippen LogP contribution in [-0.2, 0) is 4.79 Å². The molecule has 2 atom stereocenters. The third kappa shape index (κ3) is 3.80. The Bertz CT molecular complexity index is 387. The van der Waals surface area contributed by atoms with Crippen molar-refractivity contribution in [3.8, 4) is 0 Å². The number of carbonyl (C=O) groups is 1. The zero-order chi connectivity index (χ0) is 14.4. The fourth-order valence-electron chi connectivity index (χ4n) is 2.46. The van der Waals surface area contributed by atoms with Gasteiger partial charge in [0.05, 0.1) is 5.92 Å². The first kappa shape index (κ1) is 15.7. The lowest BCUT2D eigenvalue weighted by atomic mass is 9.93. The highest BCUT2D eigenvalue weighted by Gasteiger charge is 2.27. The molecule has 0 aliphatic carbocycles. The summed E-state index contributed by atoms with van der Waals surface area (Å²) in [6, 6.07) is 9.88. The zero-order valence-corrected chi connectivity index (χ0v) is 12.5. The van der Waals surface area contributed by atoms with Crippen LogP contribution in [0.2, 0.25) is 0 Å². The number of benzene rings is 1. The van der Waals surface area contributed by atoms with E-state index < -0.39 is 0 Å². The fraction of sp³-hybridized carbons (Fsp3) is 0.562. The molecule has 1 aromatic carbocycles. The summed E-state index contributed by atoms with van der Waals surface area (Å²) in [5, 5.41) is 0. The molecule has 19 heavy (non-hydrogen) atoms. The molecule has 0 saturated carbocycles. The summed E-state index contributed by atoms with van der Waals surface area (Å²) in [5.74, 6) is -0.0712. The molecular formula is C16H26N2O. The van der Waals surface area contributed by atoms with Crippen LogP contribution in [0.15, 0.2) is 30.3 Å². The van der Waals surface area contributed by atoms with Crippen molar-refractivity contribution in [3.63, 3.8) is 0 Å². The number of amides is 1. The first-order chi connectivity index (χ1) is 9.02. The average Bonchev–Trinajstić information content (AvgIpc) is 2.47. The predicted octanol–water partition coefficient (Wildman–Crippen LogP) is 2.97. The van der Waals surface area contributed by atoms with Gasteiger partial charge in [-0.1, -0.05) is 51.1 Å². The maximum atomic E-state index is 12.5. The Morgan fingerprint density at radius 2 is 1.74 bits per heavy atom. The fourth-order valence-corrected chi connectivity index (χ4v) is 2.46. The molecule has 1 aromatic rings. The van der Waals surface area contributed by atoms with E-state index >= 15 is 0 Å². The molecule has 3 nitrogen and oxygen atoms in total. The van der Waals surface area contributed by atoms with Gasteiger partial charge in [0.15, 0.2) is 0 Å². The molecule has 0 radical (unpaired) electrons. The third-order valence-corrected chi connectivity index (χ3v) is 3.95. The van der Waals surface area contributed by atoms with Gasteiger partial charge in [0.25, 0.3) is 0 Å². The molecule has 0 bridgehead atoms. The van der Waals surface area contributed by atoms with Crippen molar-refractivity contribution in [3.05, 3.63) is 35.9 Å². The quantitative estimate of drug-likeness (QED) is 0.856. The van der Waals surface area contributed by atoms with E-state index in [1.54, 1.807) is 0 Å². The minimum absolute atomic E-state index is 0.130. The van der Waals surface area contributed by atoms with Gasteiger partial charge in [-0.2, -0.15) is 0 Å².